The van der Waals surface area contributed by atoms with Crippen molar-refractivity contribution < 1.29 is 18.3 Å². The molecule has 0 aliphatic rings. The van der Waals surface area contributed by atoms with Crippen molar-refractivity contribution in [3.05, 3.63) is 29.8 Å². The lowest BCUT2D eigenvalue weighted by atomic mass is 10.2. The first kappa shape index (κ1) is 9.92. The molecule has 0 bridgehead atoms. The van der Waals surface area contributed by atoms with Crippen LogP contribution in [-0.2, 0) is 4.74 Å². The molecule has 0 radical (unpaired) electrons. The van der Waals surface area contributed by atoms with E-state index in [1.807, 2.05) is 0 Å². The molecule has 0 saturated heterocycles. The number of hydrogen-bond acceptors (Lipinski definition) is 2. The maximum atomic E-state index is 12.2. The quantitative estimate of drug-likeness (QED) is 0.676. The molecule has 0 heterocycles. The van der Waals surface area contributed by atoms with Crippen molar-refractivity contribution in [2.75, 3.05) is 13.9 Å². The van der Waals surface area contributed by atoms with Crippen LogP contribution in [0.3, 0.4) is 0 Å². The fourth-order valence-corrected chi connectivity index (χ4v) is 0.867. The monoisotopic (exact) mass is 188 g/mol. The molecule has 0 amide bonds. The van der Waals surface area contributed by atoms with Crippen molar-refractivity contribution in [1.29, 1.82) is 0 Å². The Balaban J connectivity index is 2.68. The van der Waals surface area contributed by atoms with Gasteiger partial charge in [0.25, 0.3) is 6.43 Å². The average Bonchev–Trinajstić information content (AvgIpc) is 2.15. The van der Waals surface area contributed by atoms with Gasteiger partial charge in [-0.05, 0) is 12.1 Å². The van der Waals surface area contributed by atoms with Crippen LogP contribution in [0.15, 0.2) is 24.3 Å². The zero-order valence-corrected chi connectivity index (χ0v) is 7.17. The Kier molecular flexibility index (Phi) is 3.64. The predicted molar refractivity (Wildman–Crippen MR) is 43.9 cm³/mol. The van der Waals surface area contributed by atoms with Crippen LogP contribution in [0.5, 0.6) is 5.75 Å². The fraction of sp³-hybridized carbons (Fsp3) is 0.333. The largest absolute Gasteiger partial charge is 0.468 e. The second-order valence-corrected chi connectivity index (χ2v) is 2.42. The molecule has 0 saturated carbocycles. The Morgan fingerprint density at radius 3 is 2.77 bits per heavy atom. The Bertz CT molecular complexity index is 264. The van der Waals surface area contributed by atoms with Gasteiger partial charge in [0, 0.05) is 12.7 Å². The number of halogens is 2. The van der Waals surface area contributed by atoms with Gasteiger partial charge in [0.05, 0.1) is 0 Å². The summed E-state index contributed by atoms with van der Waals surface area (Å²) in [5.74, 6) is 0.389. The molecule has 0 fully saturated rings. The van der Waals surface area contributed by atoms with Gasteiger partial charge < -0.3 is 9.47 Å². The van der Waals surface area contributed by atoms with Crippen LogP contribution in [0.4, 0.5) is 8.78 Å². The zero-order chi connectivity index (χ0) is 9.68. The number of methoxy groups -OCH3 is 1. The highest BCUT2D eigenvalue weighted by atomic mass is 19.3. The molecule has 0 N–H and O–H groups in total. The second-order valence-electron chi connectivity index (χ2n) is 2.42. The molecule has 2 nitrogen and oxygen atoms in total. The molecule has 1 aromatic rings. The van der Waals surface area contributed by atoms with Crippen molar-refractivity contribution in [2.24, 2.45) is 0 Å². The molecule has 0 aromatic heterocycles. The van der Waals surface area contributed by atoms with Gasteiger partial charge in [0.1, 0.15) is 5.75 Å². The summed E-state index contributed by atoms with van der Waals surface area (Å²) in [5, 5.41) is 0. The molecule has 1 rings (SSSR count). The zero-order valence-electron chi connectivity index (χ0n) is 7.17. The van der Waals surface area contributed by atoms with Crippen LogP contribution in [-0.4, -0.2) is 13.9 Å². The summed E-state index contributed by atoms with van der Waals surface area (Å²) in [7, 11) is 1.47. The van der Waals surface area contributed by atoms with E-state index in [4.69, 9.17) is 4.74 Å². The van der Waals surface area contributed by atoms with Crippen LogP contribution in [0.25, 0.3) is 0 Å². The Morgan fingerprint density at radius 1 is 1.38 bits per heavy atom. The summed E-state index contributed by atoms with van der Waals surface area (Å²) in [6.45, 7) is 0.0622. The van der Waals surface area contributed by atoms with E-state index in [1.165, 1.54) is 25.3 Å². The van der Waals surface area contributed by atoms with E-state index in [0.29, 0.717) is 5.75 Å². The highest BCUT2D eigenvalue weighted by Crippen LogP contribution is 2.22. The van der Waals surface area contributed by atoms with Gasteiger partial charge in [0.15, 0.2) is 6.79 Å². The Hall–Kier alpha value is -1.16. The molecule has 0 atom stereocenters. The first-order chi connectivity index (χ1) is 6.24. The van der Waals surface area contributed by atoms with Gasteiger partial charge in [-0.25, -0.2) is 8.78 Å². The molecule has 13 heavy (non-hydrogen) atoms. The maximum Gasteiger partial charge on any atom is 0.263 e. The molecular weight excluding hydrogens is 178 g/mol. The number of alkyl halides is 2. The van der Waals surface area contributed by atoms with Gasteiger partial charge in [0.2, 0.25) is 0 Å². The third kappa shape index (κ3) is 2.99. The van der Waals surface area contributed by atoms with Gasteiger partial charge >= 0.3 is 0 Å². The minimum Gasteiger partial charge on any atom is -0.468 e. The number of rotatable bonds is 4. The van der Waals surface area contributed by atoms with Crippen LogP contribution in [0.1, 0.15) is 12.0 Å². The van der Waals surface area contributed by atoms with E-state index in [1.54, 1.807) is 6.07 Å². The third-order valence-electron chi connectivity index (χ3n) is 1.45. The summed E-state index contributed by atoms with van der Waals surface area (Å²) in [6.07, 6.45) is -2.47. The molecule has 0 aliphatic heterocycles. The molecule has 0 spiro atoms. The van der Waals surface area contributed by atoms with E-state index in [2.05, 4.69) is 4.74 Å². The smallest absolute Gasteiger partial charge is 0.263 e. The summed E-state index contributed by atoms with van der Waals surface area (Å²) in [5.41, 5.74) is -0.0476. The molecule has 0 unspecified atom stereocenters. The van der Waals surface area contributed by atoms with Crippen LogP contribution >= 0.6 is 0 Å². The average molecular weight is 188 g/mol. The summed E-state index contributed by atoms with van der Waals surface area (Å²) >= 11 is 0. The van der Waals surface area contributed by atoms with Gasteiger partial charge in [-0.1, -0.05) is 12.1 Å². The van der Waals surface area contributed by atoms with E-state index >= 15 is 0 Å². The van der Waals surface area contributed by atoms with Crippen molar-refractivity contribution in [1.82, 2.24) is 0 Å². The molecule has 4 heteroatoms. The van der Waals surface area contributed by atoms with Gasteiger partial charge in [-0.2, -0.15) is 0 Å². The highest BCUT2D eigenvalue weighted by molar-refractivity contribution is 5.28. The summed E-state index contributed by atoms with van der Waals surface area (Å²) in [6, 6.07) is 5.77. The normalized spacial score (nSPS) is 10.5. The topological polar surface area (TPSA) is 18.5 Å². The van der Waals surface area contributed by atoms with Crippen LogP contribution < -0.4 is 4.74 Å². The van der Waals surface area contributed by atoms with Crippen molar-refractivity contribution in [2.45, 2.75) is 6.43 Å². The van der Waals surface area contributed by atoms with E-state index in [0.717, 1.165) is 0 Å². The first-order valence-corrected chi connectivity index (χ1v) is 3.74. The Labute approximate surface area is 75.1 Å². The van der Waals surface area contributed by atoms with E-state index in [-0.39, 0.29) is 12.4 Å². The van der Waals surface area contributed by atoms with Crippen LogP contribution in [0.2, 0.25) is 0 Å². The molecular formula is C9H10F2O2. The number of hydrogen-bond donors (Lipinski definition) is 0. The Morgan fingerprint density at radius 2 is 2.15 bits per heavy atom. The van der Waals surface area contributed by atoms with Crippen molar-refractivity contribution in [3.8, 4) is 5.75 Å². The summed E-state index contributed by atoms with van der Waals surface area (Å²) in [4.78, 5) is 0. The SMILES string of the molecule is COCOc1cccc(C(F)F)c1. The lowest BCUT2D eigenvalue weighted by molar-refractivity contribution is 0.0507. The van der Waals surface area contributed by atoms with Crippen molar-refractivity contribution >= 4 is 0 Å². The number of ether oxygens (including phenoxy) is 2. The minimum atomic E-state index is -2.47. The lowest BCUT2D eigenvalue weighted by Gasteiger charge is -2.05. The highest BCUT2D eigenvalue weighted by Gasteiger charge is 2.06. The molecule has 72 valence electrons. The lowest BCUT2D eigenvalue weighted by Crippen LogP contribution is -1.99. The van der Waals surface area contributed by atoms with Gasteiger partial charge in [-0.3, -0.25) is 0 Å². The van der Waals surface area contributed by atoms with Crippen molar-refractivity contribution in [3.63, 3.8) is 0 Å². The predicted octanol–water partition coefficient (Wildman–Crippen LogP) is 2.61. The first-order valence-electron chi connectivity index (χ1n) is 3.74. The summed E-state index contributed by atoms with van der Waals surface area (Å²) < 4.78 is 34.0. The van der Waals surface area contributed by atoms with Crippen LogP contribution in [0, 0.1) is 0 Å². The fourth-order valence-electron chi connectivity index (χ4n) is 0.867. The molecule has 1 aromatic carbocycles. The third-order valence-corrected chi connectivity index (χ3v) is 1.45. The molecule has 0 aliphatic carbocycles. The minimum absolute atomic E-state index is 0.0476. The standard InChI is InChI=1S/C9H10F2O2/c1-12-6-13-8-4-2-3-7(5-8)9(10)11/h2-5,9H,6H2,1H3. The van der Waals surface area contributed by atoms with Gasteiger partial charge in [-0.15, -0.1) is 0 Å². The second kappa shape index (κ2) is 4.77. The number of benzene rings is 1. The van der Waals surface area contributed by atoms with E-state index < -0.39 is 6.43 Å². The van der Waals surface area contributed by atoms with E-state index in [9.17, 15) is 8.78 Å². The maximum absolute atomic E-state index is 12.2.